The highest BCUT2D eigenvalue weighted by Crippen LogP contribution is 2.21. The van der Waals surface area contributed by atoms with Crippen molar-refractivity contribution < 1.29 is 4.79 Å². The van der Waals surface area contributed by atoms with Gasteiger partial charge in [-0.2, -0.15) is 0 Å². The van der Waals surface area contributed by atoms with Crippen LogP contribution in [0.15, 0.2) is 0 Å². The van der Waals surface area contributed by atoms with E-state index in [2.05, 4.69) is 13.8 Å². The Labute approximate surface area is 62.8 Å². The molecule has 0 aromatic carbocycles. The van der Waals surface area contributed by atoms with Gasteiger partial charge >= 0.3 is 0 Å². The number of carbonyl (C=O) groups is 1. The van der Waals surface area contributed by atoms with E-state index in [-0.39, 0.29) is 11.8 Å². The van der Waals surface area contributed by atoms with E-state index < -0.39 is 0 Å². The Morgan fingerprint density at radius 3 is 1.80 bits per heavy atom. The molecule has 0 aromatic rings. The second-order valence-corrected chi connectivity index (χ2v) is 3.02. The fraction of sp³-hybridized carbons (Fsp3) is 0.750. The van der Waals surface area contributed by atoms with Crippen molar-refractivity contribution in [3.8, 4) is 0 Å². The Balaban J connectivity index is 3.94. The monoisotopic (exact) mass is 142 g/mol. The van der Waals surface area contributed by atoms with Gasteiger partial charge in [0.1, 0.15) is 0 Å². The van der Waals surface area contributed by atoms with Crippen LogP contribution in [-0.2, 0) is 4.79 Å². The Hall–Kier alpha value is -0.530. The fourth-order valence-corrected chi connectivity index (χ4v) is 0.724. The van der Waals surface area contributed by atoms with Crippen molar-refractivity contribution >= 4 is 5.91 Å². The van der Waals surface area contributed by atoms with Gasteiger partial charge in [0.2, 0.25) is 5.91 Å². The molecule has 0 aliphatic carbocycles. The SMILES string of the molecule is C[C](C(C)C)C(C)C(N)=O. The maximum absolute atomic E-state index is 10.6. The van der Waals surface area contributed by atoms with Crippen molar-refractivity contribution in [3.05, 3.63) is 5.92 Å². The zero-order valence-electron chi connectivity index (χ0n) is 7.14. The highest BCUT2D eigenvalue weighted by molar-refractivity contribution is 5.78. The van der Waals surface area contributed by atoms with Gasteiger partial charge in [-0.15, -0.1) is 0 Å². The minimum Gasteiger partial charge on any atom is -0.369 e. The predicted octanol–water partition coefficient (Wildman–Crippen LogP) is 1.36. The molecule has 0 bridgehead atoms. The first-order valence-electron chi connectivity index (χ1n) is 3.59. The van der Waals surface area contributed by atoms with Crippen LogP contribution in [0.4, 0.5) is 0 Å². The number of hydrogen-bond acceptors (Lipinski definition) is 1. The summed E-state index contributed by atoms with van der Waals surface area (Å²) < 4.78 is 0. The number of nitrogens with two attached hydrogens (primary N) is 1. The molecule has 0 fully saturated rings. The first-order valence-corrected chi connectivity index (χ1v) is 3.59. The highest BCUT2D eigenvalue weighted by atomic mass is 16.1. The van der Waals surface area contributed by atoms with Gasteiger partial charge in [0.05, 0.1) is 0 Å². The van der Waals surface area contributed by atoms with E-state index in [1.165, 1.54) is 0 Å². The lowest BCUT2D eigenvalue weighted by Gasteiger charge is -2.19. The Kier molecular flexibility index (Phi) is 3.40. The van der Waals surface area contributed by atoms with E-state index in [4.69, 9.17) is 5.73 Å². The molecule has 2 N–H and O–H groups in total. The molecule has 1 unspecified atom stereocenters. The minimum absolute atomic E-state index is 0.0833. The lowest BCUT2D eigenvalue weighted by atomic mass is 9.86. The third kappa shape index (κ3) is 2.38. The van der Waals surface area contributed by atoms with Crippen LogP contribution in [-0.4, -0.2) is 5.91 Å². The Morgan fingerprint density at radius 1 is 1.30 bits per heavy atom. The molecule has 1 radical (unpaired) electrons. The molecule has 0 saturated carbocycles. The molecule has 0 spiro atoms. The second kappa shape index (κ2) is 3.59. The first kappa shape index (κ1) is 9.47. The molecule has 2 heteroatoms. The van der Waals surface area contributed by atoms with E-state index in [0.717, 1.165) is 5.92 Å². The van der Waals surface area contributed by atoms with E-state index >= 15 is 0 Å². The smallest absolute Gasteiger partial charge is 0.220 e. The maximum atomic E-state index is 10.6. The van der Waals surface area contributed by atoms with Gasteiger partial charge in [-0.05, 0) is 11.8 Å². The van der Waals surface area contributed by atoms with E-state index in [9.17, 15) is 4.79 Å². The third-order valence-corrected chi connectivity index (χ3v) is 2.02. The third-order valence-electron chi connectivity index (χ3n) is 2.02. The molecule has 0 aliphatic rings. The van der Waals surface area contributed by atoms with Crippen LogP contribution in [0.5, 0.6) is 0 Å². The zero-order valence-corrected chi connectivity index (χ0v) is 7.14. The van der Waals surface area contributed by atoms with Gasteiger partial charge in [-0.3, -0.25) is 4.79 Å². The fourth-order valence-electron chi connectivity index (χ4n) is 0.724. The van der Waals surface area contributed by atoms with Crippen LogP contribution in [0, 0.1) is 17.8 Å². The van der Waals surface area contributed by atoms with Crippen molar-refractivity contribution in [3.63, 3.8) is 0 Å². The number of amides is 1. The van der Waals surface area contributed by atoms with Gasteiger partial charge in [-0.25, -0.2) is 0 Å². The van der Waals surface area contributed by atoms with Crippen molar-refractivity contribution in [1.82, 2.24) is 0 Å². The molecular formula is C8H16NO. The van der Waals surface area contributed by atoms with E-state index in [0.29, 0.717) is 5.92 Å². The number of carbonyl (C=O) groups excluding carboxylic acids is 1. The van der Waals surface area contributed by atoms with Crippen LogP contribution in [0.25, 0.3) is 0 Å². The van der Waals surface area contributed by atoms with Gasteiger partial charge < -0.3 is 5.73 Å². The summed E-state index contributed by atoms with van der Waals surface area (Å²) in [6.45, 7) is 7.95. The van der Waals surface area contributed by atoms with Crippen LogP contribution >= 0.6 is 0 Å². The molecule has 10 heavy (non-hydrogen) atoms. The molecule has 0 aromatic heterocycles. The molecule has 1 atom stereocenters. The lowest BCUT2D eigenvalue weighted by Crippen LogP contribution is -2.27. The summed E-state index contributed by atoms with van der Waals surface area (Å²) in [4.78, 5) is 10.6. The molecule has 1 amide bonds. The molecule has 0 aliphatic heterocycles. The second-order valence-electron chi connectivity index (χ2n) is 3.02. The summed E-state index contributed by atoms with van der Waals surface area (Å²) in [6.07, 6.45) is 0. The summed E-state index contributed by atoms with van der Waals surface area (Å²) in [5.74, 6) is 1.29. The van der Waals surface area contributed by atoms with Crippen LogP contribution in [0.3, 0.4) is 0 Å². The zero-order chi connectivity index (χ0) is 8.31. The number of primary amides is 1. The normalized spacial score (nSPS) is 14.2. The van der Waals surface area contributed by atoms with Crippen molar-refractivity contribution in [1.29, 1.82) is 0 Å². The Morgan fingerprint density at radius 2 is 1.70 bits per heavy atom. The van der Waals surface area contributed by atoms with E-state index in [1.54, 1.807) is 0 Å². The molecule has 2 nitrogen and oxygen atoms in total. The van der Waals surface area contributed by atoms with Gasteiger partial charge in [0.15, 0.2) is 0 Å². The van der Waals surface area contributed by atoms with Crippen molar-refractivity contribution in [2.45, 2.75) is 27.7 Å². The number of rotatable bonds is 3. The highest BCUT2D eigenvalue weighted by Gasteiger charge is 2.20. The van der Waals surface area contributed by atoms with Gasteiger partial charge in [-0.1, -0.05) is 27.7 Å². The first-order chi connectivity index (χ1) is 4.46. The largest absolute Gasteiger partial charge is 0.369 e. The predicted molar refractivity (Wildman–Crippen MR) is 42.1 cm³/mol. The Bertz CT molecular complexity index is 120. The van der Waals surface area contributed by atoms with Gasteiger partial charge in [0, 0.05) is 5.92 Å². The summed E-state index contributed by atoms with van der Waals surface area (Å²) >= 11 is 0. The quantitative estimate of drug-likeness (QED) is 0.635. The topological polar surface area (TPSA) is 43.1 Å². The molecular weight excluding hydrogens is 126 g/mol. The lowest BCUT2D eigenvalue weighted by molar-refractivity contribution is -0.121. The van der Waals surface area contributed by atoms with Crippen LogP contribution in [0.1, 0.15) is 27.7 Å². The van der Waals surface area contributed by atoms with Crippen molar-refractivity contribution in [2.24, 2.45) is 17.6 Å². The van der Waals surface area contributed by atoms with E-state index in [1.807, 2.05) is 13.8 Å². The molecule has 0 saturated heterocycles. The van der Waals surface area contributed by atoms with Crippen LogP contribution in [0.2, 0.25) is 0 Å². The summed E-state index contributed by atoms with van der Waals surface area (Å²) in [5, 5.41) is 0. The minimum atomic E-state index is -0.230. The summed E-state index contributed by atoms with van der Waals surface area (Å²) in [5.41, 5.74) is 5.11. The molecule has 0 heterocycles. The van der Waals surface area contributed by atoms with Crippen LogP contribution < -0.4 is 5.73 Å². The average Bonchev–Trinajstić information content (AvgIpc) is 1.84. The summed E-state index contributed by atoms with van der Waals surface area (Å²) in [6, 6.07) is 0. The van der Waals surface area contributed by atoms with Gasteiger partial charge in [0.25, 0.3) is 0 Å². The number of hydrogen-bond donors (Lipinski definition) is 1. The molecule has 59 valence electrons. The maximum Gasteiger partial charge on any atom is 0.220 e. The van der Waals surface area contributed by atoms with Crippen molar-refractivity contribution in [2.75, 3.05) is 0 Å². The average molecular weight is 142 g/mol. The summed E-state index contributed by atoms with van der Waals surface area (Å²) in [7, 11) is 0. The standard InChI is InChI=1S/C8H16NO/c1-5(2)6(3)7(4)8(9)10/h5,7H,1-4H3,(H2,9,10). The molecule has 0 rings (SSSR count).